The summed E-state index contributed by atoms with van der Waals surface area (Å²) in [4.78, 5) is 28.3. The number of amides is 1. The second kappa shape index (κ2) is 8.29. The monoisotopic (exact) mass is 458 g/mol. The van der Waals surface area contributed by atoms with Gasteiger partial charge in [0.05, 0.1) is 10.9 Å². The third kappa shape index (κ3) is 4.50. The third-order valence-electron chi connectivity index (χ3n) is 5.84. The number of nitrogens with zero attached hydrogens (tertiary/aromatic N) is 7. The van der Waals surface area contributed by atoms with Gasteiger partial charge >= 0.3 is 5.92 Å². The lowest BCUT2D eigenvalue weighted by Crippen LogP contribution is -2.34. The molecular weight excluding hydrogens is 430 g/mol. The van der Waals surface area contributed by atoms with Crippen molar-refractivity contribution in [1.29, 1.82) is 0 Å². The van der Waals surface area contributed by atoms with E-state index in [9.17, 15) is 13.6 Å². The first-order valence-electron chi connectivity index (χ1n) is 10.8. The lowest BCUT2D eigenvalue weighted by atomic mass is 10.1. The Balaban J connectivity index is 1.89. The molecule has 2 atom stereocenters. The summed E-state index contributed by atoms with van der Waals surface area (Å²) in [5.41, 5.74) is 1.01. The summed E-state index contributed by atoms with van der Waals surface area (Å²) in [7, 11) is 4.11. The highest BCUT2D eigenvalue weighted by atomic mass is 19.3. The average Bonchev–Trinajstić information content (AvgIpc) is 3.26. The van der Waals surface area contributed by atoms with Crippen molar-refractivity contribution in [3.63, 3.8) is 0 Å². The van der Waals surface area contributed by atoms with Crippen LogP contribution in [0.15, 0.2) is 18.3 Å². The predicted molar refractivity (Wildman–Crippen MR) is 122 cm³/mol. The molecule has 4 heterocycles. The summed E-state index contributed by atoms with van der Waals surface area (Å²) in [5, 5.41) is 8.20. The smallest absolute Gasteiger partial charge is 0.303 e. The number of pyridine rings is 1. The summed E-state index contributed by atoms with van der Waals surface area (Å²) in [6, 6.07) is 3.64. The maximum absolute atomic E-state index is 14.0. The number of anilines is 2. The van der Waals surface area contributed by atoms with Crippen molar-refractivity contribution in [3.05, 3.63) is 29.8 Å². The van der Waals surface area contributed by atoms with Gasteiger partial charge in [-0.15, -0.1) is 5.10 Å². The maximum Gasteiger partial charge on any atom is 0.303 e. The first-order chi connectivity index (χ1) is 15.4. The first-order valence-corrected chi connectivity index (χ1v) is 10.8. The van der Waals surface area contributed by atoms with E-state index in [0.717, 1.165) is 25.4 Å². The van der Waals surface area contributed by atoms with E-state index < -0.39 is 11.7 Å². The molecule has 3 aromatic rings. The van der Waals surface area contributed by atoms with Gasteiger partial charge < -0.3 is 15.1 Å². The SMILES string of the molecule is CC(=O)Nc1cc2c(cn1)c(N1CC(N(C)C)[C@H](C)C1)nn2-c1cc(C)nc(C(C)(F)F)n1. The van der Waals surface area contributed by atoms with E-state index in [0.29, 0.717) is 34.8 Å². The molecule has 3 aromatic heterocycles. The number of rotatable bonds is 5. The highest BCUT2D eigenvalue weighted by Gasteiger charge is 2.34. The van der Waals surface area contributed by atoms with Crippen LogP contribution in [0, 0.1) is 12.8 Å². The Morgan fingerprint density at radius 1 is 1.24 bits per heavy atom. The quantitative estimate of drug-likeness (QED) is 0.628. The van der Waals surface area contributed by atoms with Crippen molar-refractivity contribution < 1.29 is 13.6 Å². The maximum atomic E-state index is 14.0. The highest BCUT2D eigenvalue weighted by Crippen LogP contribution is 2.34. The molecule has 0 bridgehead atoms. The summed E-state index contributed by atoms with van der Waals surface area (Å²) < 4.78 is 29.6. The molecule has 1 aliphatic rings. The van der Waals surface area contributed by atoms with E-state index in [4.69, 9.17) is 5.10 Å². The van der Waals surface area contributed by atoms with E-state index in [1.807, 2.05) is 0 Å². The molecule has 0 aromatic carbocycles. The number of carbonyl (C=O) groups excluding carboxylic acids is 1. The first kappa shape index (κ1) is 23.0. The molecule has 9 nitrogen and oxygen atoms in total. The van der Waals surface area contributed by atoms with Gasteiger partial charge in [-0.05, 0) is 26.9 Å². The van der Waals surface area contributed by atoms with Crippen LogP contribution in [0.25, 0.3) is 16.7 Å². The van der Waals surface area contributed by atoms with Gasteiger partial charge in [0.15, 0.2) is 11.6 Å². The molecular formula is C22H28F2N8O. The molecule has 11 heteroatoms. The van der Waals surface area contributed by atoms with Crippen LogP contribution in [-0.4, -0.2) is 68.8 Å². The topological polar surface area (TPSA) is 92.1 Å². The number of alkyl halides is 2. The van der Waals surface area contributed by atoms with Gasteiger partial charge in [-0.3, -0.25) is 4.79 Å². The zero-order valence-electron chi connectivity index (χ0n) is 19.6. The molecule has 1 N–H and O–H groups in total. The van der Waals surface area contributed by atoms with Gasteiger partial charge in [0, 0.05) is 57.0 Å². The number of halogens is 2. The van der Waals surface area contributed by atoms with E-state index in [-0.39, 0.29) is 11.7 Å². The number of hydrogen-bond donors (Lipinski definition) is 1. The summed E-state index contributed by atoms with van der Waals surface area (Å²) >= 11 is 0. The molecule has 1 saturated heterocycles. The average molecular weight is 459 g/mol. The lowest BCUT2D eigenvalue weighted by Gasteiger charge is -2.22. The van der Waals surface area contributed by atoms with Crippen LogP contribution in [0.4, 0.5) is 20.4 Å². The van der Waals surface area contributed by atoms with E-state index in [2.05, 4.69) is 51.1 Å². The molecule has 1 fully saturated rings. The van der Waals surface area contributed by atoms with Crippen LogP contribution in [0.3, 0.4) is 0 Å². The van der Waals surface area contributed by atoms with Crippen molar-refractivity contribution in [1.82, 2.24) is 29.6 Å². The second-order valence-electron chi connectivity index (χ2n) is 9.00. The zero-order valence-corrected chi connectivity index (χ0v) is 19.6. The zero-order chi connectivity index (χ0) is 24.1. The largest absolute Gasteiger partial charge is 0.353 e. The molecule has 1 amide bonds. The Morgan fingerprint density at radius 3 is 2.58 bits per heavy atom. The summed E-state index contributed by atoms with van der Waals surface area (Å²) in [5.74, 6) is -2.34. The summed E-state index contributed by atoms with van der Waals surface area (Å²) in [6.45, 7) is 7.56. The highest BCUT2D eigenvalue weighted by molar-refractivity contribution is 5.95. The Labute approximate surface area is 190 Å². The van der Waals surface area contributed by atoms with Gasteiger partial charge in [-0.25, -0.2) is 19.6 Å². The minimum Gasteiger partial charge on any atom is -0.353 e. The fourth-order valence-electron chi connectivity index (χ4n) is 4.30. The summed E-state index contributed by atoms with van der Waals surface area (Å²) in [6.07, 6.45) is 1.65. The predicted octanol–water partition coefficient (Wildman–Crippen LogP) is 2.98. The fraction of sp³-hybridized carbons (Fsp3) is 0.500. The minimum atomic E-state index is -3.20. The Kier molecular flexibility index (Phi) is 5.77. The number of carbonyl (C=O) groups is 1. The standard InChI is InChI=1S/C22H28F2N8O/c1-12-10-31(11-17(12)30(5)6)20-15-9-25-18(27-14(3)33)8-16(15)32(29-20)19-7-13(2)26-21(28-19)22(4,23)24/h7-9,12,17H,10-11H2,1-6H3,(H,25,27,33)/t12-,17?/m1/s1. The number of hydrogen-bond acceptors (Lipinski definition) is 7. The molecule has 1 aliphatic heterocycles. The van der Waals surface area contributed by atoms with Crippen LogP contribution < -0.4 is 10.2 Å². The molecule has 176 valence electrons. The van der Waals surface area contributed by atoms with Crippen LogP contribution in [0.1, 0.15) is 32.3 Å². The Morgan fingerprint density at radius 2 is 1.97 bits per heavy atom. The minimum absolute atomic E-state index is 0.228. The Bertz CT molecular complexity index is 1200. The fourth-order valence-corrected chi connectivity index (χ4v) is 4.30. The van der Waals surface area contributed by atoms with E-state index in [1.54, 1.807) is 25.3 Å². The number of aryl methyl sites for hydroxylation is 1. The van der Waals surface area contributed by atoms with Crippen molar-refractivity contribution in [2.24, 2.45) is 5.92 Å². The molecule has 33 heavy (non-hydrogen) atoms. The molecule has 0 saturated carbocycles. The molecule has 0 aliphatic carbocycles. The van der Waals surface area contributed by atoms with Gasteiger partial charge in [-0.2, -0.15) is 8.78 Å². The van der Waals surface area contributed by atoms with E-state index in [1.165, 1.54) is 11.6 Å². The van der Waals surface area contributed by atoms with Crippen molar-refractivity contribution in [2.75, 3.05) is 37.4 Å². The van der Waals surface area contributed by atoms with Crippen LogP contribution in [-0.2, 0) is 10.7 Å². The van der Waals surface area contributed by atoms with E-state index >= 15 is 0 Å². The third-order valence-corrected chi connectivity index (χ3v) is 5.84. The van der Waals surface area contributed by atoms with Crippen molar-refractivity contribution in [3.8, 4) is 5.82 Å². The van der Waals surface area contributed by atoms with Crippen molar-refractivity contribution >= 4 is 28.4 Å². The number of nitrogens with one attached hydrogen (secondary N) is 1. The van der Waals surface area contributed by atoms with Gasteiger partial charge in [0.1, 0.15) is 5.82 Å². The molecule has 0 spiro atoms. The van der Waals surface area contributed by atoms with Gasteiger partial charge in [0.2, 0.25) is 11.7 Å². The van der Waals surface area contributed by atoms with Crippen LogP contribution in [0.5, 0.6) is 0 Å². The molecule has 1 unspecified atom stereocenters. The second-order valence-corrected chi connectivity index (χ2v) is 9.00. The molecule has 4 rings (SSSR count). The molecule has 0 radical (unpaired) electrons. The Hall–Kier alpha value is -3.21. The van der Waals surface area contributed by atoms with Gasteiger partial charge in [-0.1, -0.05) is 6.92 Å². The normalized spacial score (nSPS) is 19.0. The number of aromatic nitrogens is 5. The number of fused-ring (bicyclic) bond motifs is 1. The number of likely N-dealkylation sites (N-methyl/N-ethyl adjacent to an activating group) is 1. The van der Waals surface area contributed by atoms with Crippen LogP contribution >= 0.6 is 0 Å². The van der Waals surface area contributed by atoms with Crippen LogP contribution in [0.2, 0.25) is 0 Å². The van der Waals surface area contributed by atoms with Gasteiger partial charge in [0.25, 0.3) is 0 Å². The lowest BCUT2D eigenvalue weighted by molar-refractivity contribution is -0.114. The van der Waals surface area contributed by atoms with Crippen molar-refractivity contribution in [2.45, 2.75) is 39.7 Å².